The molecular formula is C17H17N3O. The summed E-state index contributed by atoms with van der Waals surface area (Å²) >= 11 is 0. The topological polar surface area (TPSA) is 53.1 Å². The van der Waals surface area contributed by atoms with Crippen LogP contribution in [0.1, 0.15) is 18.7 Å². The molecule has 0 aliphatic carbocycles. The van der Waals surface area contributed by atoms with Crippen molar-refractivity contribution < 1.29 is 4.74 Å². The van der Waals surface area contributed by atoms with Crippen molar-refractivity contribution in [2.75, 3.05) is 0 Å². The van der Waals surface area contributed by atoms with Crippen molar-refractivity contribution in [3.63, 3.8) is 0 Å². The van der Waals surface area contributed by atoms with Gasteiger partial charge in [-0.15, -0.1) is 0 Å². The molecule has 21 heavy (non-hydrogen) atoms. The Balaban J connectivity index is 1.82. The molecule has 1 heterocycles. The van der Waals surface area contributed by atoms with Crippen LogP contribution >= 0.6 is 0 Å². The molecule has 2 N–H and O–H groups in total. The first-order valence-corrected chi connectivity index (χ1v) is 6.85. The van der Waals surface area contributed by atoms with Crippen LogP contribution in [0.15, 0.2) is 67.1 Å². The van der Waals surface area contributed by atoms with Gasteiger partial charge in [0.15, 0.2) is 0 Å². The van der Waals surface area contributed by atoms with E-state index in [1.807, 2.05) is 66.1 Å². The van der Waals surface area contributed by atoms with Gasteiger partial charge in [-0.05, 0) is 43.3 Å². The van der Waals surface area contributed by atoms with E-state index in [1.165, 1.54) is 0 Å². The summed E-state index contributed by atoms with van der Waals surface area (Å²) in [7, 11) is 0. The summed E-state index contributed by atoms with van der Waals surface area (Å²) < 4.78 is 7.76. The van der Waals surface area contributed by atoms with E-state index in [9.17, 15) is 0 Å². The summed E-state index contributed by atoms with van der Waals surface area (Å²) in [5.41, 5.74) is 7.94. The molecule has 1 aromatic heterocycles. The number of hydrogen-bond acceptors (Lipinski definition) is 3. The van der Waals surface area contributed by atoms with E-state index in [-0.39, 0.29) is 6.04 Å². The molecule has 0 bridgehead atoms. The first-order valence-electron chi connectivity index (χ1n) is 6.85. The average molecular weight is 279 g/mol. The number of imidazole rings is 1. The van der Waals surface area contributed by atoms with E-state index < -0.39 is 0 Å². The second kappa shape index (κ2) is 5.81. The molecule has 3 aromatic rings. The molecule has 0 aliphatic rings. The quantitative estimate of drug-likeness (QED) is 0.792. The van der Waals surface area contributed by atoms with Crippen LogP contribution < -0.4 is 10.5 Å². The number of para-hydroxylation sites is 1. The first-order chi connectivity index (χ1) is 10.2. The van der Waals surface area contributed by atoms with Gasteiger partial charge < -0.3 is 15.0 Å². The van der Waals surface area contributed by atoms with Gasteiger partial charge in [-0.3, -0.25) is 0 Å². The highest BCUT2D eigenvalue weighted by Gasteiger charge is 2.08. The Labute approximate surface area is 123 Å². The number of hydrogen-bond donors (Lipinski definition) is 1. The molecule has 0 fully saturated rings. The second-order valence-corrected chi connectivity index (χ2v) is 4.89. The summed E-state index contributed by atoms with van der Waals surface area (Å²) in [6, 6.07) is 17.5. The van der Waals surface area contributed by atoms with Gasteiger partial charge in [0.2, 0.25) is 0 Å². The molecule has 4 nitrogen and oxygen atoms in total. The fourth-order valence-corrected chi connectivity index (χ4v) is 2.16. The van der Waals surface area contributed by atoms with Gasteiger partial charge in [0.05, 0.1) is 18.2 Å². The van der Waals surface area contributed by atoms with Gasteiger partial charge in [-0.25, -0.2) is 4.98 Å². The molecule has 0 unspecified atom stereocenters. The van der Waals surface area contributed by atoms with Gasteiger partial charge >= 0.3 is 0 Å². The fourth-order valence-electron chi connectivity index (χ4n) is 2.16. The largest absolute Gasteiger partial charge is 0.457 e. The summed E-state index contributed by atoms with van der Waals surface area (Å²) in [4.78, 5) is 4.16. The van der Waals surface area contributed by atoms with Crippen LogP contribution in [-0.4, -0.2) is 9.55 Å². The highest BCUT2D eigenvalue weighted by atomic mass is 16.5. The predicted octanol–water partition coefficient (Wildman–Crippen LogP) is 3.68. The van der Waals surface area contributed by atoms with Crippen LogP contribution in [0.4, 0.5) is 0 Å². The minimum absolute atomic E-state index is 0.0623. The van der Waals surface area contributed by atoms with Crippen molar-refractivity contribution in [1.29, 1.82) is 0 Å². The third kappa shape index (κ3) is 2.95. The van der Waals surface area contributed by atoms with Crippen LogP contribution in [0.5, 0.6) is 11.5 Å². The molecule has 0 saturated carbocycles. The Morgan fingerprint density at radius 1 is 1.00 bits per heavy atom. The van der Waals surface area contributed by atoms with Crippen LogP contribution in [0.2, 0.25) is 0 Å². The number of aromatic nitrogens is 2. The van der Waals surface area contributed by atoms with E-state index in [4.69, 9.17) is 10.5 Å². The third-order valence-corrected chi connectivity index (χ3v) is 3.23. The van der Waals surface area contributed by atoms with Gasteiger partial charge in [0.25, 0.3) is 0 Å². The molecular weight excluding hydrogens is 262 g/mol. The number of benzene rings is 2. The van der Waals surface area contributed by atoms with Crippen LogP contribution in [0.3, 0.4) is 0 Å². The molecule has 4 heteroatoms. The van der Waals surface area contributed by atoms with Crippen LogP contribution in [0, 0.1) is 0 Å². The zero-order valence-corrected chi connectivity index (χ0v) is 11.8. The maximum absolute atomic E-state index is 5.94. The average Bonchev–Trinajstić information content (AvgIpc) is 2.99. The van der Waals surface area contributed by atoms with Crippen molar-refractivity contribution in [3.05, 3.63) is 72.8 Å². The second-order valence-electron chi connectivity index (χ2n) is 4.89. The molecule has 0 aliphatic heterocycles. The maximum Gasteiger partial charge on any atom is 0.127 e. The van der Waals surface area contributed by atoms with Crippen molar-refractivity contribution in [2.24, 2.45) is 5.73 Å². The van der Waals surface area contributed by atoms with Crippen LogP contribution in [0.25, 0.3) is 5.69 Å². The molecule has 0 saturated heterocycles. The standard InChI is InChI=1S/C17H17N3O/c1-13(18)17-11-19-12-20(17)14-7-9-16(10-8-14)21-15-5-3-2-4-6-15/h2-13H,18H2,1H3/t13-/m1/s1. The molecule has 2 aromatic carbocycles. The van der Waals surface area contributed by atoms with Gasteiger partial charge in [-0.1, -0.05) is 18.2 Å². The van der Waals surface area contributed by atoms with Crippen molar-refractivity contribution in [1.82, 2.24) is 9.55 Å². The van der Waals surface area contributed by atoms with E-state index in [0.29, 0.717) is 0 Å². The van der Waals surface area contributed by atoms with Gasteiger partial charge in [-0.2, -0.15) is 0 Å². The SMILES string of the molecule is C[C@@H](N)c1cncn1-c1ccc(Oc2ccccc2)cc1. The normalized spacial score (nSPS) is 12.1. The lowest BCUT2D eigenvalue weighted by Crippen LogP contribution is -2.10. The number of rotatable bonds is 4. The lowest BCUT2D eigenvalue weighted by molar-refractivity contribution is 0.482. The Bertz CT molecular complexity index is 702. The molecule has 1 atom stereocenters. The third-order valence-electron chi connectivity index (χ3n) is 3.23. The number of nitrogens with zero attached hydrogens (tertiary/aromatic N) is 2. The van der Waals surface area contributed by atoms with Gasteiger partial charge in [0, 0.05) is 11.7 Å². The molecule has 3 rings (SSSR count). The summed E-state index contributed by atoms with van der Waals surface area (Å²) in [6.07, 6.45) is 3.56. The predicted molar refractivity (Wildman–Crippen MR) is 82.7 cm³/mol. The van der Waals surface area contributed by atoms with E-state index in [1.54, 1.807) is 12.5 Å². The van der Waals surface area contributed by atoms with E-state index >= 15 is 0 Å². The molecule has 106 valence electrons. The minimum Gasteiger partial charge on any atom is -0.457 e. The Hall–Kier alpha value is -2.59. The minimum atomic E-state index is -0.0623. The Kier molecular flexibility index (Phi) is 3.71. The van der Waals surface area contributed by atoms with E-state index in [2.05, 4.69) is 4.98 Å². The molecule has 0 radical (unpaired) electrons. The van der Waals surface area contributed by atoms with Crippen molar-refractivity contribution in [2.45, 2.75) is 13.0 Å². The van der Waals surface area contributed by atoms with E-state index in [0.717, 1.165) is 22.9 Å². The van der Waals surface area contributed by atoms with Crippen molar-refractivity contribution >= 4 is 0 Å². The Morgan fingerprint density at radius 2 is 1.67 bits per heavy atom. The summed E-state index contributed by atoms with van der Waals surface area (Å²) in [6.45, 7) is 1.94. The zero-order chi connectivity index (χ0) is 14.7. The zero-order valence-electron chi connectivity index (χ0n) is 11.8. The monoisotopic (exact) mass is 279 g/mol. The maximum atomic E-state index is 5.94. The smallest absolute Gasteiger partial charge is 0.127 e. The number of ether oxygens (including phenoxy) is 1. The highest BCUT2D eigenvalue weighted by molar-refractivity contribution is 5.40. The first kappa shape index (κ1) is 13.4. The molecule has 0 spiro atoms. The summed E-state index contributed by atoms with van der Waals surface area (Å²) in [5, 5.41) is 0. The number of nitrogens with two attached hydrogens (primary N) is 1. The lowest BCUT2D eigenvalue weighted by atomic mass is 10.2. The fraction of sp³-hybridized carbons (Fsp3) is 0.118. The summed E-state index contributed by atoms with van der Waals surface area (Å²) in [5.74, 6) is 1.62. The highest BCUT2D eigenvalue weighted by Crippen LogP contribution is 2.23. The molecule has 0 amide bonds. The lowest BCUT2D eigenvalue weighted by Gasteiger charge is -2.11. The van der Waals surface area contributed by atoms with Gasteiger partial charge in [0.1, 0.15) is 11.5 Å². The van der Waals surface area contributed by atoms with Crippen molar-refractivity contribution in [3.8, 4) is 17.2 Å². The van der Waals surface area contributed by atoms with Crippen LogP contribution in [-0.2, 0) is 0 Å². The Morgan fingerprint density at radius 3 is 2.33 bits per heavy atom.